The molecule has 0 aromatic rings. The van der Waals surface area contributed by atoms with Crippen molar-refractivity contribution in [3.63, 3.8) is 0 Å². The molecule has 0 fully saturated rings. The van der Waals surface area contributed by atoms with Gasteiger partial charge in [-0.15, -0.1) is 0 Å². The molecular formula is C6H14O6S. The molecule has 80 valence electrons. The molecular weight excluding hydrogens is 200 g/mol. The molecule has 0 saturated heterocycles. The Morgan fingerprint density at radius 1 is 1.31 bits per heavy atom. The Morgan fingerprint density at radius 2 is 1.69 bits per heavy atom. The van der Waals surface area contributed by atoms with Gasteiger partial charge in [-0.25, -0.2) is 0 Å². The van der Waals surface area contributed by atoms with Crippen molar-refractivity contribution in [2.24, 2.45) is 0 Å². The molecule has 0 rings (SSSR count). The zero-order valence-electron chi connectivity index (χ0n) is 7.56. The second-order valence-electron chi connectivity index (χ2n) is 2.02. The van der Waals surface area contributed by atoms with Crippen LogP contribution < -0.4 is 0 Å². The molecule has 0 atom stereocenters. The average molecular weight is 214 g/mol. The molecule has 6 nitrogen and oxygen atoms in total. The van der Waals surface area contributed by atoms with Crippen LogP contribution in [0.3, 0.4) is 0 Å². The Bertz CT molecular complexity index is 211. The van der Waals surface area contributed by atoms with Crippen LogP contribution in [0.25, 0.3) is 0 Å². The normalized spacial score (nSPS) is 9.85. The Kier molecular flexibility index (Phi) is 9.09. The van der Waals surface area contributed by atoms with Gasteiger partial charge in [0.05, 0.1) is 6.61 Å². The van der Waals surface area contributed by atoms with Crippen molar-refractivity contribution >= 4 is 16.4 Å². The van der Waals surface area contributed by atoms with Crippen LogP contribution in [0, 0.1) is 0 Å². The highest BCUT2D eigenvalue weighted by atomic mass is 32.3. The average Bonchev–Trinajstić information content (AvgIpc) is 1.97. The van der Waals surface area contributed by atoms with Crippen LogP contribution in [0.15, 0.2) is 0 Å². The highest BCUT2D eigenvalue weighted by Crippen LogP contribution is 1.85. The second kappa shape index (κ2) is 7.96. The molecule has 2 N–H and O–H groups in total. The summed E-state index contributed by atoms with van der Waals surface area (Å²) < 4.78 is 36.3. The van der Waals surface area contributed by atoms with E-state index in [0.717, 1.165) is 6.42 Å². The van der Waals surface area contributed by atoms with Gasteiger partial charge < -0.3 is 4.74 Å². The van der Waals surface area contributed by atoms with Crippen molar-refractivity contribution in [1.82, 2.24) is 0 Å². The molecule has 0 heterocycles. The number of hydrogen-bond donors (Lipinski definition) is 2. The number of esters is 1. The molecule has 0 aromatic carbocycles. The van der Waals surface area contributed by atoms with Gasteiger partial charge in [0.2, 0.25) is 0 Å². The maximum absolute atomic E-state index is 10.3. The molecule has 0 spiro atoms. The van der Waals surface area contributed by atoms with Crippen LogP contribution in [0.2, 0.25) is 0 Å². The number of ether oxygens (including phenoxy) is 1. The van der Waals surface area contributed by atoms with E-state index in [2.05, 4.69) is 0 Å². The Morgan fingerprint density at radius 3 is 1.92 bits per heavy atom. The van der Waals surface area contributed by atoms with Gasteiger partial charge in [-0.2, -0.15) is 8.42 Å². The van der Waals surface area contributed by atoms with E-state index in [9.17, 15) is 4.79 Å². The summed E-state index contributed by atoms with van der Waals surface area (Å²) in [4.78, 5) is 10.3. The summed E-state index contributed by atoms with van der Waals surface area (Å²) >= 11 is 0. The molecule has 0 saturated carbocycles. The van der Waals surface area contributed by atoms with Crippen molar-refractivity contribution in [2.75, 3.05) is 6.61 Å². The topological polar surface area (TPSA) is 101 Å². The predicted molar refractivity (Wildman–Crippen MR) is 45.7 cm³/mol. The Hall–Kier alpha value is -0.660. The van der Waals surface area contributed by atoms with E-state index in [1.165, 1.54) is 0 Å². The molecule has 0 aromatic heterocycles. The van der Waals surface area contributed by atoms with Gasteiger partial charge >= 0.3 is 16.4 Å². The SMILES string of the molecule is CCCOC(=O)CC.O=S(=O)(O)O. The minimum absolute atomic E-state index is 0.105. The summed E-state index contributed by atoms with van der Waals surface area (Å²) in [5.74, 6) is -0.105. The molecule has 0 aliphatic rings. The summed E-state index contributed by atoms with van der Waals surface area (Å²) in [6, 6.07) is 0. The number of hydrogen-bond acceptors (Lipinski definition) is 4. The predicted octanol–water partition coefficient (Wildman–Crippen LogP) is 0.697. The summed E-state index contributed by atoms with van der Waals surface area (Å²) in [5, 5.41) is 0. The molecule has 0 amide bonds. The fraction of sp³-hybridized carbons (Fsp3) is 0.833. The van der Waals surface area contributed by atoms with E-state index in [1.54, 1.807) is 6.92 Å². The lowest BCUT2D eigenvalue weighted by atomic mass is 10.5. The summed E-state index contributed by atoms with van der Waals surface area (Å²) in [7, 11) is -4.67. The van der Waals surface area contributed by atoms with Gasteiger partial charge in [0.1, 0.15) is 0 Å². The van der Waals surface area contributed by atoms with Gasteiger partial charge in [0.25, 0.3) is 0 Å². The van der Waals surface area contributed by atoms with Gasteiger partial charge in [0.15, 0.2) is 0 Å². The zero-order valence-corrected chi connectivity index (χ0v) is 8.37. The third-order valence-corrected chi connectivity index (χ3v) is 0.756. The molecule has 13 heavy (non-hydrogen) atoms. The number of carbonyl (C=O) groups excluding carboxylic acids is 1. The van der Waals surface area contributed by atoms with Crippen LogP contribution >= 0.6 is 0 Å². The first-order valence-electron chi connectivity index (χ1n) is 3.66. The lowest BCUT2D eigenvalue weighted by Crippen LogP contribution is -2.02. The minimum atomic E-state index is -4.67. The van der Waals surface area contributed by atoms with E-state index in [-0.39, 0.29) is 5.97 Å². The third-order valence-electron chi connectivity index (χ3n) is 0.756. The zero-order chi connectivity index (χ0) is 10.9. The van der Waals surface area contributed by atoms with E-state index >= 15 is 0 Å². The first-order valence-corrected chi connectivity index (χ1v) is 5.06. The van der Waals surface area contributed by atoms with Gasteiger partial charge in [-0.05, 0) is 6.42 Å². The van der Waals surface area contributed by atoms with Crippen LogP contribution in [-0.4, -0.2) is 30.1 Å². The largest absolute Gasteiger partial charge is 0.466 e. The molecule has 0 radical (unpaired) electrons. The lowest BCUT2D eigenvalue weighted by Gasteiger charge is -1.97. The Labute approximate surface area is 77.5 Å². The lowest BCUT2D eigenvalue weighted by molar-refractivity contribution is -0.143. The van der Waals surface area contributed by atoms with Crippen LogP contribution in [-0.2, 0) is 19.9 Å². The Balaban J connectivity index is 0. The smallest absolute Gasteiger partial charge is 0.394 e. The molecule has 0 aliphatic heterocycles. The maximum Gasteiger partial charge on any atom is 0.394 e. The number of rotatable bonds is 3. The quantitative estimate of drug-likeness (QED) is 0.529. The van der Waals surface area contributed by atoms with Crippen molar-refractivity contribution in [3.05, 3.63) is 0 Å². The maximum atomic E-state index is 10.3. The minimum Gasteiger partial charge on any atom is -0.466 e. The van der Waals surface area contributed by atoms with E-state index in [0.29, 0.717) is 13.0 Å². The fourth-order valence-corrected chi connectivity index (χ4v) is 0.318. The van der Waals surface area contributed by atoms with Crippen molar-refractivity contribution in [1.29, 1.82) is 0 Å². The van der Waals surface area contributed by atoms with E-state index < -0.39 is 10.4 Å². The molecule has 7 heteroatoms. The van der Waals surface area contributed by atoms with Crippen molar-refractivity contribution in [2.45, 2.75) is 26.7 Å². The van der Waals surface area contributed by atoms with Crippen molar-refractivity contribution < 1.29 is 27.1 Å². The fourth-order valence-electron chi connectivity index (χ4n) is 0.318. The number of carbonyl (C=O) groups is 1. The summed E-state index contributed by atoms with van der Waals surface area (Å²) in [5.41, 5.74) is 0. The van der Waals surface area contributed by atoms with Crippen LogP contribution in [0.5, 0.6) is 0 Å². The van der Waals surface area contributed by atoms with Gasteiger partial charge in [-0.3, -0.25) is 13.9 Å². The van der Waals surface area contributed by atoms with Crippen LogP contribution in [0.1, 0.15) is 26.7 Å². The highest BCUT2D eigenvalue weighted by molar-refractivity contribution is 7.79. The second-order valence-corrected chi connectivity index (χ2v) is 2.92. The molecule has 0 bridgehead atoms. The first-order chi connectivity index (χ1) is 5.81. The van der Waals surface area contributed by atoms with Crippen molar-refractivity contribution in [3.8, 4) is 0 Å². The molecule has 0 aliphatic carbocycles. The van der Waals surface area contributed by atoms with Gasteiger partial charge in [0, 0.05) is 6.42 Å². The highest BCUT2D eigenvalue weighted by Gasteiger charge is 1.93. The standard InChI is InChI=1S/C6H12O2.H2O4S/c1-3-5-8-6(7)4-2;1-5(2,3)4/h3-5H2,1-2H3;(H2,1,2,3,4). The van der Waals surface area contributed by atoms with E-state index in [1.807, 2.05) is 6.92 Å². The third kappa shape index (κ3) is 34.7. The summed E-state index contributed by atoms with van der Waals surface area (Å²) in [6.45, 7) is 4.33. The summed E-state index contributed by atoms with van der Waals surface area (Å²) in [6.07, 6.45) is 1.39. The molecule has 0 unspecified atom stereocenters. The van der Waals surface area contributed by atoms with Gasteiger partial charge in [-0.1, -0.05) is 13.8 Å². The first kappa shape index (κ1) is 14.8. The van der Waals surface area contributed by atoms with E-state index in [4.69, 9.17) is 22.3 Å². The van der Waals surface area contributed by atoms with Crippen LogP contribution in [0.4, 0.5) is 0 Å². The monoisotopic (exact) mass is 214 g/mol.